The number of benzene rings is 1. The number of aromatic nitrogens is 2. The lowest BCUT2D eigenvalue weighted by molar-refractivity contribution is 0.451. The van der Waals surface area contributed by atoms with Crippen molar-refractivity contribution in [2.24, 2.45) is 0 Å². The molecule has 0 atom stereocenters. The number of thiophene rings is 1. The molecule has 6 heteroatoms. The number of aryl methyl sites for hydroxylation is 2. The van der Waals surface area contributed by atoms with Gasteiger partial charge in [0.05, 0.1) is 0 Å². The molecule has 4 aromatic rings. The molecule has 0 N–H and O–H groups in total. The van der Waals surface area contributed by atoms with E-state index in [2.05, 4.69) is 4.98 Å². The second kappa shape index (κ2) is 6.43. The third-order valence-electron chi connectivity index (χ3n) is 5.16. The van der Waals surface area contributed by atoms with Crippen molar-refractivity contribution in [3.05, 3.63) is 56.9 Å². The average molecular weight is 397 g/mol. The van der Waals surface area contributed by atoms with E-state index in [1.54, 1.807) is 0 Å². The first kappa shape index (κ1) is 16.9. The zero-order valence-electron chi connectivity index (χ0n) is 14.8. The van der Waals surface area contributed by atoms with Gasteiger partial charge in [-0.25, -0.2) is 14.8 Å². The quantitative estimate of drug-likeness (QED) is 0.445. The van der Waals surface area contributed by atoms with Crippen LogP contribution in [0.15, 0.2) is 33.5 Å². The highest BCUT2D eigenvalue weighted by molar-refractivity contribution is 7.25. The summed E-state index contributed by atoms with van der Waals surface area (Å²) in [6.07, 6.45) is 4.85. The summed E-state index contributed by atoms with van der Waals surface area (Å²) in [5.41, 5.74) is 5.07. The monoisotopic (exact) mass is 396 g/mol. The van der Waals surface area contributed by atoms with Crippen molar-refractivity contribution in [3.8, 4) is 11.1 Å². The lowest BCUT2D eigenvalue weighted by atomic mass is 9.87. The SMILES string of the molecule is CCc1nc2c(sc3nc4c(c(-c5ccc(Cl)cc5)c32)CCCC4)c(=O)o1. The largest absolute Gasteiger partial charge is 0.407 e. The molecule has 0 spiro atoms. The minimum atomic E-state index is -0.320. The molecule has 136 valence electrons. The van der Waals surface area contributed by atoms with E-state index < -0.39 is 0 Å². The van der Waals surface area contributed by atoms with E-state index >= 15 is 0 Å². The van der Waals surface area contributed by atoms with Gasteiger partial charge in [-0.2, -0.15) is 0 Å². The molecule has 3 heterocycles. The number of rotatable bonds is 2. The lowest BCUT2D eigenvalue weighted by Gasteiger charge is -2.20. The summed E-state index contributed by atoms with van der Waals surface area (Å²) < 4.78 is 5.90. The molecule has 0 unspecified atom stereocenters. The Hall–Kier alpha value is -2.24. The van der Waals surface area contributed by atoms with Crippen molar-refractivity contribution in [1.82, 2.24) is 9.97 Å². The Bertz CT molecular complexity index is 1240. The summed E-state index contributed by atoms with van der Waals surface area (Å²) in [5, 5.41) is 1.68. The third-order valence-corrected chi connectivity index (χ3v) is 6.46. The van der Waals surface area contributed by atoms with Crippen LogP contribution in [0, 0.1) is 0 Å². The van der Waals surface area contributed by atoms with E-state index in [9.17, 15) is 4.79 Å². The molecule has 3 aromatic heterocycles. The van der Waals surface area contributed by atoms with Gasteiger partial charge in [-0.05, 0) is 54.5 Å². The first-order chi connectivity index (χ1) is 13.2. The third kappa shape index (κ3) is 2.68. The van der Waals surface area contributed by atoms with Crippen LogP contribution in [-0.4, -0.2) is 9.97 Å². The van der Waals surface area contributed by atoms with Gasteiger partial charge < -0.3 is 4.42 Å². The molecule has 0 radical (unpaired) electrons. The first-order valence-corrected chi connectivity index (χ1v) is 10.4. The molecule has 5 rings (SSSR count). The van der Waals surface area contributed by atoms with Gasteiger partial charge in [-0.3, -0.25) is 0 Å². The molecule has 4 nitrogen and oxygen atoms in total. The Labute approximate surface area is 164 Å². The Morgan fingerprint density at radius 1 is 1.15 bits per heavy atom. The number of hydrogen-bond acceptors (Lipinski definition) is 5. The van der Waals surface area contributed by atoms with E-state index in [1.807, 2.05) is 31.2 Å². The van der Waals surface area contributed by atoms with Gasteiger partial charge in [0.25, 0.3) is 0 Å². The van der Waals surface area contributed by atoms with Crippen LogP contribution in [0.1, 0.15) is 36.9 Å². The Morgan fingerprint density at radius 2 is 1.93 bits per heavy atom. The zero-order chi connectivity index (χ0) is 18.5. The van der Waals surface area contributed by atoms with Gasteiger partial charge in [-0.1, -0.05) is 30.7 Å². The average Bonchev–Trinajstić information content (AvgIpc) is 3.05. The Balaban J connectivity index is 1.97. The van der Waals surface area contributed by atoms with Crippen molar-refractivity contribution < 1.29 is 4.42 Å². The number of halogens is 1. The van der Waals surface area contributed by atoms with Crippen LogP contribution in [0.25, 0.3) is 31.6 Å². The predicted molar refractivity (Wildman–Crippen MR) is 110 cm³/mol. The number of fused-ring (bicyclic) bond motifs is 4. The first-order valence-electron chi connectivity index (χ1n) is 9.19. The van der Waals surface area contributed by atoms with Crippen molar-refractivity contribution in [1.29, 1.82) is 0 Å². The van der Waals surface area contributed by atoms with Gasteiger partial charge in [0.15, 0.2) is 5.89 Å². The molecule has 1 aliphatic rings. The van der Waals surface area contributed by atoms with Crippen molar-refractivity contribution >= 4 is 43.4 Å². The van der Waals surface area contributed by atoms with Crippen LogP contribution in [0.3, 0.4) is 0 Å². The van der Waals surface area contributed by atoms with E-state index in [0.29, 0.717) is 27.6 Å². The van der Waals surface area contributed by atoms with Gasteiger partial charge in [-0.15, -0.1) is 11.3 Å². The van der Waals surface area contributed by atoms with Crippen molar-refractivity contribution in [2.75, 3.05) is 0 Å². The molecule has 0 saturated heterocycles. The summed E-state index contributed by atoms with van der Waals surface area (Å²) in [7, 11) is 0. The summed E-state index contributed by atoms with van der Waals surface area (Å²) in [5.74, 6) is 0.465. The smallest absolute Gasteiger partial charge is 0.357 e. The zero-order valence-corrected chi connectivity index (χ0v) is 16.4. The van der Waals surface area contributed by atoms with E-state index in [0.717, 1.165) is 52.7 Å². The van der Waals surface area contributed by atoms with Gasteiger partial charge in [0.2, 0.25) is 0 Å². The standard InChI is InChI=1S/C21H17ClN2O2S/c1-2-15-24-18-17-16(11-7-9-12(22)10-8-11)13-5-3-4-6-14(13)23-20(17)27-19(18)21(25)26-15/h7-10H,2-6H2,1H3. The summed E-state index contributed by atoms with van der Waals surface area (Å²) in [6, 6.07) is 7.90. The van der Waals surface area contributed by atoms with Crippen molar-refractivity contribution in [2.45, 2.75) is 39.0 Å². The molecular formula is C21H17ClN2O2S. The number of hydrogen-bond donors (Lipinski definition) is 0. The highest BCUT2D eigenvalue weighted by Gasteiger charge is 2.24. The molecule has 0 fully saturated rings. The molecule has 0 saturated carbocycles. The highest BCUT2D eigenvalue weighted by Crippen LogP contribution is 2.42. The van der Waals surface area contributed by atoms with E-state index in [1.165, 1.54) is 16.9 Å². The second-order valence-electron chi connectivity index (χ2n) is 6.83. The van der Waals surface area contributed by atoms with Crippen LogP contribution in [0.2, 0.25) is 5.02 Å². The molecule has 1 aliphatic carbocycles. The summed E-state index contributed by atoms with van der Waals surface area (Å²) in [6.45, 7) is 1.94. The van der Waals surface area contributed by atoms with Crippen LogP contribution >= 0.6 is 22.9 Å². The molecule has 0 bridgehead atoms. The van der Waals surface area contributed by atoms with Crippen LogP contribution < -0.4 is 5.63 Å². The maximum absolute atomic E-state index is 12.5. The topological polar surface area (TPSA) is 56.0 Å². The maximum atomic E-state index is 12.5. The van der Waals surface area contributed by atoms with Crippen LogP contribution in [0.4, 0.5) is 0 Å². The van der Waals surface area contributed by atoms with Crippen LogP contribution in [0.5, 0.6) is 0 Å². The van der Waals surface area contributed by atoms with Crippen molar-refractivity contribution in [3.63, 3.8) is 0 Å². The normalized spacial score (nSPS) is 14.0. The van der Waals surface area contributed by atoms with Gasteiger partial charge in [0, 0.05) is 22.5 Å². The lowest BCUT2D eigenvalue weighted by Crippen LogP contribution is -2.07. The second-order valence-corrected chi connectivity index (χ2v) is 8.27. The van der Waals surface area contributed by atoms with E-state index in [4.69, 9.17) is 21.0 Å². The van der Waals surface area contributed by atoms with Crippen LogP contribution in [-0.2, 0) is 19.3 Å². The van der Waals surface area contributed by atoms with E-state index in [-0.39, 0.29) is 5.63 Å². The minimum Gasteiger partial charge on any atom is -0.407 e. The number of pyridine rings is 1. The molecule has 1 aromatic carbocycles. The molecule has 0 amide bonds. The fourth-order valence-electron chi connectivity index (χ4n) is 3.90. The fourth-order valence-corrected chi connectivity index (χ4v) is 5.05. The summed E-state index contributed by atoms with van der Waals surface area (Å²) in [4.78, 5) is 23.0. The molecule has 27 heavy (non-hydrogen) atoms. The minimum absolute atomic E-state index is 0.320. The predicted octanol–water partition coefficient (Wildman–Crippen LogP) is 5.56. The maximum Gasteiger partial charge on any atom is 0.357 e. The Morgan fingerprint density at radius 3 is 2.70 bits per heavy atom. The molecule has 0 aliphatic heterocycles. The van der Waals surface area contributed by atoms with Gasteiger partial charge in [0.1, 0.15) is 15.0 Å². The summed E-state index contributed by atoms with van der Waals surface area (Å²) >= 11 is 7.51. The fraction of sp³-hybridized carbons (Fsp3) is 0.286. The Kier molecular flexibility index (Phi) is 4.02. The highest BCUT2D eigenvalue weighted by atomic mass is 35.5. The number of nitrogens with zero attached hydrogens (tertiary/aromatic N) is 2. The molecular weight excluding hydrogens is 380 g/mol. The van der Waals surface area contributed by atoms with Gasteiger partial charge >= 0.3 is 5.63 Å².